The molecule has 1 rings (SSSR count). The molecule has 6 nitrogen and oxygen atoms in total. The Morgan fingerprint density at radius 3 is 2.40 bits per heavy atom. The van der Waals surface area contributed by atoms with Crippen molar-refractivity contribution in [3.8, 4) is 0 Å². The van der Waals surface area contributed by atoms with Crippen molar-refractivity contribution in [2.45, 2.75) is 38.5 Å². The van der Waals surface area contributed by atoms with E-state index in [1.807, 2.05) is 6.92 Å². The van der Waals surface area contributed by atoms with Crippen molar-refractivity contribution >= 4 is 10.0 Å². The van der Waals surface area contributed by atoms with Gasteiger partial charge in [0.25, 0.3) is 0 Å². The molecule has 0 bridgehead atoms. The van der Waals surface area contributed by atoms with Crippen LogP contribution in [0.5, 0.6) is 0 Å². The summed E-state index contributed by atoms with van der Waals surface area (Å²) in [7, 11) is -0.185. The molecule has 0 atom stereocenters. The van der Waals surface area contributed by atoms with Gasteiger partial charge < -0.3 is 4.74 Å². The lowest BCUT2D eigenvalue weighted by Gasteiger charge is -2.21. The molecule has 0 fully saturated rings. The molecular weight excluding hydrogens is 278 g/mol. The van der Waals surface area contributed by atoms with Crippen molar-refractivity contribution in [3.63, 3.8) is 0 Å². The lowest BCUT2D eigenvalue weighted by molar-refractivity contribution is 0.178. The van der Waals surface area contributed by atoms with Crippen LogP contribution in [0.15, 0.2) is 4.90 Å². The summed E-state index contributed by atoms with van der Waals surface area (Å²) in [6.07, 6.45) is 1.78. The molecule has 0 spiro atoms. The van der Waals surface area contributed by atoms with Gasteiger partial charge in [-0.25, -0.2) is 8.42 Å². The maximum Gasteiger partial charge on any atom is 0.246 e. The second kappa shape index (κ2) is 7.19. The van der Waals surface area contributed by atoms with Gasteiger partial charge in [-0.2, -0.15) is 9.40 Å². The van der Waals surface area contributed by atoms with Crippen molar-refractivity contribution < 1.29 is 13.2 Å². The first kappa shape index (κ1) is 17.1. The average Bonchev–Trinajstić information content (AvgIpc) is 2.63. The number of unbranched alkanes of at least 4 members (excludes halogenated alkanes) is 1. The Hall–Kier alpha value is -0.920. The third-order valence-electron chi connectivity index (χ3n) is 3.35. The SMILES string of the molecule is CCCCN(CCOC)S(=O)(=O)c1c(C)nn(C)c1C. The van der Waals surface area contributed by atoms with Crippen LogP contribution in [0.3, 0.4) is 0 Å². The van der Waals surface area contributed by atoms with Crippen molar-refractivity contribution in [2.24, 2.45) is 7.05 Å². The first-order valence-electron chi connectivity index (χ1n) is 6.85. The maximum absolute atomic E-state index is 12.8. The topological polar surface area (TPSA) is 64.4 Å². The van der Waals surface area contributed by atoms with Gasteiger partial charge in [0.05, 0.1) is 18.0 Å². The second-order valence-electron chi connectivity index (χ2n) is 4.87. The van der Waals surface area contributed by atoms with Gasteiger partial charge in [-0.05, 0) is 20.3 Å². The third kappa shape index (κ3) is 3.59. The fourth-order valence-electron chi connectivity index (χ4n) is 2.14. The summed E-state index contributed by atoms with van der Waals surface area (Å²) >= 11 is 0. The Morgan fingerprint density at radius 2 is 1.95 bits per heavy atom. The predicted molar refractivity (Wildman–Crippen MR) is 78.2 cm³/mol. The van der Waals surface area contributed by atoms with Crippen molar-refractivity contribution in [1.29, 1.82) is 0 Å². The molecule has 0 aliphatic heterocycles. The molecule has 116 valence electrons. The minimum Gasteiger partial charge on any atom is -0.383 e. The monoisotopic (exact) mass is 303 g/mol. The van der Waals surface area contributed by atoms with E-state index in [1.165, 1.54) is 4.31 Å². The predicted octanol–water partition coefficient (Wildman–Crippen LogP) is 1.47. The Balaban J connectivity index is 3.14. The van der Waals surface area contributed by atoms with Crippen molar-refractivity contribution in [1.82, 2.24) is 14.1 Å². The van der Waals surface area contributed by atoms with Crippen LogP contribution in [-0.4, -0.2) is 49.3 Å². The van der Waals surface area contributed by atoms with Crippen LogP contribution < -0.4 is 0 Å². The zero-order chi connectivity index (χ0) is 15.3. The highest BCUT2D eigenvalue weighted by Crippen LogP contribution is 2.23. The van der Waals surface area contributed by atoms with Crippen LogP contribution in [0.2, 0.25) is 0 Å². The zero-order valence-corrected chi connectivity index (χ0v) is 13.8. The summed E-state index contributed by atoms with van der Waals surface area (Å²) in [6, 6.07) is 0. The first-order valence-corrected chi connectivity index (χ1v) is 8.29. The van der Waals surface area contributed by atoms with Gasteiger partial charge in [0.1, 0.15) is 4.90 Å². The molecule has 0 amide bonds. The van der Waals surface area contributed by atoms with Gasteiger partial charge in [-0.3, -0.25) is 4.68 Å². The molecule has 0 saturated carbocycles. The van der Waals surface area contributed by atoms with E-state index < -0.39 is 10.0 Å². The fraction of sp³-hybridized carbons (Fsp3) is 0.769. The molecule has 0 aromatic carbocycles. The minimum atomic E-state index is -3.52. The van der Waals surface area contributed by atoms with Gasteiger partial charge in [-0.1, -0.05) is 13.3 Å². The molecule has 1 aromatic rings. The molecule has 1 heterocycles. The maximum atomic E-state index is 12.8. The lowest BCUT2D eigenvalue weighted by Crippen LogP contribution is -2.35. The van der Waals surface area contributed by atoms with Gasteiger partial charge in [-0.15, -0.1) is 0 Å². The van der Waals surface area contributed by atoms with E-state index in [9.17, 15) is 8.42 Å². The van der Waals surface area contributed by atoms with Crippen LogP contribution in [-0.2, 0) is 21.8 Å². The molecule has 0 unspecified atom stereocenters. The van der Waals surface area contributed by atoms with Gasteiger partial charge >= 0.3 is 0 Å². The number of aromatic nitrogens is 2. The van der Waals surface area contributed by atoms with E-state index in [0.29, 0.717) is 36.0 Å². The Kier molecular flexibility index (Phi) is 6.16. The summed E-state index contributed by atoms with van der Waals surface area (Å²) in [5, 5.41) is 4.20. The molecule has 20 heavy (non-hydrogen) atoms. The minimum absolute atomic E-state index is 0.326. The van der Waals surface area contributed by atoms with Crippen LogP contribution in [0.1, 0.15) is 31.2 Å². The van der Waals surface area contributed by atoms with Crippen molar-refractivity contribution in [3.05, 3.63) is 11.4 Å². The largest absolute Gasteiger partial charge is 0.383 e. The molecule has 0 radical (unpaired) electrons. The molecule has 7 heteroatoms. The quantitative estimate of drug-likeness (QED) is 0.729. The number of ether oxygens (including phenoxy) is 1. The fourth-order valence-corrected chi connectivity index (χ4v) is 4.00. The molecule has 0 aliphatic carbocycles. The third-order valence-corrected chi connectivity index (χ3v) is 5.50. The van der Waals surface area contributed by atoms with Crippen molar-refractivity contribution in [2.75, 3.05) is 26.8 Å². The number of nitrogens with zero attached hydrogens (tertiary/aromatic N) is 3. The smallest absolute Gasteiger partial charge is 0.246 e. The highest BCUT2D eigenvalue weighted by molar-refractivity contribution is 7.89. The molecule has 0 saturated heterocycles. The standard InChI is InChI=1S/C13H25N3O3S/c1-6-7-8-16(9-10-19-5)20(17,18)13-11(2)14-15(4)12(13)3/h6-10H2,1-5H3. The Bertz CT molecular complexity index is 529. The highest BCUT2D eigenvalue weighted by atomic mass is 32.2. The summed E-state index contributed by atoms with van der Waals surface area (Å²) in [6.45, 7) is 6.82. The summed E-state index contributed by atoms with van der Waals surface area (Å²) in [5.74, 6) is 0. The van der Waals surface area contributed by atoms with Crippen LogP contribution in [0.25, 0.3) is 0 Å². The van der Waals surface area contributed by atoms with Gasteiger partial charge in [0.15, 0.2) is 0 Å². The van der Waals surface area contributed by atoms with E-state index >= 15 is 0 Å². The van der Waals surface area contributed by atoms with E-state index in [2.05, 4.69) is 5.10 Å². The Morgan fingerprint density at radius 1 is 1.30 bits per heavy atom. The zero-order valence-electron chi connectivity index (χ0n) is 13.0. The number of aryl methyl sites for hydroxylation is 2. The number of sulfonamides is 1. The number of methoxy groups -OCH3 is 1. The number of hydrogen-bond acceptors (Lipinski definition) is 4. The van der Waals surface area contributed by atoms with E-state index in [4.69, 9.17) is 4.74 Å². The summed E-state index contributed by atoms with van der Waals surface area (Å²) in [4.78, 5) is 0.326. The lowest BCUT2D eigenvalue weighted by atomic mass is 10.3. The summed E-state index contributed by atoms with van der Waals surface area (Å²) in [5.41, 5.74) is 1.21. The van der Waals surface area contributed by atoms with E-state index in [0.717, 1.165) is 12.8 Å². The van der Waals surface area contributed by atoms with E-state index in [1.54, 1.807) is 32.7 Å². The van der Waals surface area contributed by atoms with Crippen LogP contribution in [0, 0.1) is 13.8 Å². The molecule has 0 aliphatic rings. The van der Waals surface area contributed by atoms with Crippen LogP contribution >= 0.6 is 0 Å². The van der Waals surface area contributed by atoms with Gasteiger partial charge in [0.2, 0.25) is 10.0 Å². The normalized spacial score (nSPS) is 12.3. The second-order valence-corrected chi connectivity index (χ2v) is 6.75. The molecule has 1 aromatic heterocycles. The van der Waals surface area contributed by atoms with Gasteiger partial charge in [0, 0.05) is 27.2 Å². The number of hydrogen-bond donors (Lipinski definition) is 0. The number of rotatable bonds is 8. The van der Waals surface area contributed by atoms with E-state index in [-0.39, 0.29) is 0 Å². The highest BCUT2D eigenvalue weighted by Gasteiger charge is 2.29. The average molecular weight is 303 g/mol. The van der Waals surface area contributed by atoms with Crippen LogP contribution in [0.4, 0.5) is 0 Å². The molecular formula is C13H25N3O3S. The first-order chi connectivity index (χ1) is 9.36. The summed E-state index contributed by atoms with van der Waals surface area (Å²) < 4.78 is 33.8. The molecule has 0 N–H and O–H groups in total. The Labute approximate surface area is 121 Å².